The molecule has 0 spiro atoms. The highest BCUT2D eigenvalue weighted by Gasteiger charge is 2.38. The molecule has 0 aromatic heterocycles. The Morgan fingerprint density at radius 3 is 2.80 bits per heavy atom. The van der Waals surface area contributed by atoms with Crippen LogP contribution in [-0.4, -0.2) is 26.9 Å². The minimum Gasteiger partial charge on any atom is -0.495 e. The van der Waals surface area contributed by atoms with Crippen LogP contribution in [0.4, 0.5) is 0 Å². The van der Waals surface area contributed by atoms with Gasteiger partial charge in [0.2, 0.25) is 0 Å². The number of benzene rings is 1. The molecule has 0 saturated carbocycles. The van der Waals surface area contributed by atoms with Crippen LogP contribution in [0.3, 0.4) is 0 Å². The average Bonchev–Trinajstić information content (AvgIpc) is 2.74. The molecule has 5 heteroatoms. The Kier molecular flexibility index (Phi) is 3.82. The molecule has 1 aromatic carbocycles. The number of nitrogens with one attached hydrogen (secondary N) is 1. The Labute approximate surface area is 127 Å². The first-order chi connectivity index (χ1) is 9.65. The molecule has 1 aromatic rings. The lowest BCUT2D eigenvalue weighted by molar-refractivity contribution is 0.289. The summed E-state index contributed by atoms with van der Waals surface area (Å²) >= 11 is 3.59. The van der Waals surface area contributed by atoms with Crippen molar-refractivity contribution in [1.82, 2.24) is 5.32 Å². The molecule has 20 heavy (non-hydrogen) atoms. The number of ether oxygens (including phenoxy) is 3. The van der Waals surface area contributed by atoms with Crippen LogP contribution in [0.25, 0.3) is 0 Å². The van der Waals surface area contributed by atoms with Gasteiger partial charge in [-0.05, 0) is 42.2 Å². The fourth-order valence-corrected chi connectivity index (χ4v) is 3.63. The summed E-state index contributed by atoms with van der Waals surface area (Å²) in [6.07, 6.45) is 3.12. The Hall–Kier alpha value is -0.940. The van der Waals surface area contributed by atoms with Gasteiger partial charge in [0.05, 0.1) is 30.4 Å². The van der Waals surface area contributed by atoms with Gasteiger partial charge in [0.15, 0.2) is 11.5 Å². The van der Waals surface area contributed by atoms with Crippen LogP contribution >= 0.6 is 15.9 Å². The van der Waals surface area contributed by atoms with E-state index < -0.39 is 0 Å². The third-order valence-electron chi connectivity index (χ3n) is 4.07. The van der Waals surface area contributed by atoms with Gasteiger partial charge in [0, 0.05) is 18.0 Å². The topological polar surface area (TPSA) is 39.7 Å². The normalized spacial score (nSPS) is 25.4. The largest absolute Gasteiger partial charge is 0.495 e. The van der Waals surface area contributed by atoms with E-state index in [0.29, 0.717) is 13.2 Å². The van der Waals surface area contributed by atoms with E-state index in [4.69, 9.17) is 14.2 Å². The maximum Gasteiger partial charge on any atom is 0.170 e. The van der Waals surface area contributed by atoms with Gasteiger partial charge in [0.25, 0.3) is 0 Å². The first kappa shape index (κ1) is 14.0. The Morgan fingerprint density at radius 2 is 2.10 bits per heavy atom. The maximum absolute atomic E-state index is 5.99. The summed E-state index contributed by atoms with van der Waals surface area (Å²) in [6, 6.07) is 1.95. The molecule has 0 aliphatic carbocycles. The summed E-state index contributed by atoms with van der Waals surface area (Å²) in [6.45, 7) is 4.59. The van der Waals surface area contributed by atoms with Crippen molar-refractivity contribution in [3.8, 4) is 17.2 Å². The fourth-order valence-electron chi connectivity index (χ4n) is 3.07. The highest BCUT2D eigenvalue weighted by Crippen LogP contribution is 2.50. The van der Waals surface area contributed by atoms with E-state index in [0.717, 1.165) is 53.1 Å². The zero-order chi connectivity index (χ0) is 14.2. The number of hydrogen-bond acceptors (Lipinski definition) is 4. The predicted octanol–water partition coefficient (Wildman–Crippen LogP) is 3.22. The van der Waals surface area contributed by atoms with E-state index in [9.17, 15) is 0 Å². The second-order valence-electron chi connectivity index (χ2n) is 5.51. The van der Waals surface area contributed by atoms with E-state index in [2.05, 4.69) is 28.2 Å². The third kappa shape index (κ3) is 2.27. The van der Waals surface area contributed by atoms with Crippen LogP contribution in [0.1, 0.15) is 31.7 Å². The van der Waals surface area contributed by atoms with Gasteiger partial charge < -0.3 is 19.5 Å². The van der Waals surface area contributed by atoms with Crippen molar-refractivity contribution in [3.05, 3.63) is 16.1 Å². The van der Waals surface area contributed by atoms with Crippen molar-refractivity contribution < 1.29 is 14.2 Å². The van der Waals surface area contributed by atoms with Gasteiger partial charge in [-0.3, -0.25) is 0 Å². The molecule has 1 N–H and O–H groups in total. The molecular formula is C15H20BrNO3. The van der Waals surface area contributed by atoms with Gasteiger partial charge in [-0.1, -0.05) is 0 Å². The first-order valence-corrected chi connectivity index (χ1v) is 7.86. The lowest BCUT2D eigenvalue weighted by Crippen LogP contribution is -2.34. The van der Waals surface area contributed by atoms with Crippen LogP contribution in [0.15, 0.2) is 10.5 Å². The highest BCUT2D eigenvalue weighted by molar-refractivity contribution is 9.10. The highest BCUT2D eigenvalue weighted by atomic mass is 79.9. The van der Waals surface area contributed by atoms with E-state index >= 15 is 0 Å². The van der Waals surface area contributed by atoms with Crippen molar-refractivity contribution in [2.24, 2.45) is 0 Å². The summed E-state index contributed by atoms with van der Waals surface area (Å²) in [4.78, 5) is 0. The molecule has 2 heterocycles. The van der Waals surface area contributed by atoms with Crippen LogP contribution in [0.5, 0.6) is 17.2 Å². The molecular weight excluding hydrogens is 322 g/mol. The number of fused-ring (bicyclic) bond motifs is 1. The molecule has 1 saturated heterocycles. The first-order valence-electron chi connectivity index (χ1n) is 7.07. The fraction of sp³-hybridized carbons (Fsp3) is 0.600. The smallest absolute Gasteiger partial charge is 0.170 e. The standard InChI is InChI=1S/C15H20BrNO3/c1-15(5-3-6-17-15)12-13(18-2)10(16)9-11-14(12)20-8-4-7-19-11/h9,17H,3-8H2,1-2H3. The average molecular weight is 342 g/mol. The van der Waals surface area contributed by atoms with Crippen molar-refractivity contribution in [2.75, 3.05) is 26.9 Å². The molecule has 0 radical (unpaired) electrons. The third-order valence-corrected chi connectivity index (χ3v) is 4.66. The summed E-state index contributed by atoms with van der Waals surface area (Å²) < 4.78 is 18.4. The summed E-state index contributed by atoms with van der Waals surface area (Å²) in [5, 5.41) is 3.59. The minimum atomic E-state index is -0.132. The van der Waals surface area contributed by atoms with Crippen LogP contribution < -0.4 is 19.5 Å². The van der Waals surface area contributed by atoms with Gasteiger partial charge in [-0.15, -0.1) is 0 Å². The van der Waals surface area contributed by atoms with Gasteiger partial charge in [-0.2, -0.15) is 0 Å². The Balaban J connectivity index is 2.20. The zero-order valence-corrected chi connectivity index (χ0v) is 13.5. The van der Waals surface area contributed by atoms with Crippen molar-refractivity contribution in [2.45, 2.75) is 31.7 Å². The molecule has 2 aliphatic rings. The maximum atomic E-state index is 5.99. The Morgan fingerprint density at radius 1 is 1.30 bits per heavy atom. The molecule has 0 amide bonds. The van der Waals surface area contributed by atoms with Crippen molar-refractivity contribution in [3.63, 3.8) is 0 Å². The van der Waals surface area contributed by atoms with Crippen molar-refractivity contribution in [1.29, 1.82) is 0 Å². The van der Waals surface area contributed by atoms with E-state index in [-0.39, 0.29) is 5.54 Å². The second kappa shape index (κ2) is 5.45. The SMILES string of the molecule is COc1c(Br)cc2c(c1C1(C)CCCN1)OCCCO2. The Bertz CT molecular complexity index is 512. The molecule has 110 valence electrons. The zero-order valence-electron chi connectivity index (χ0n) is 11.9. The monoisotopic (exact) mass is 341 g/mol. The summed E-state index contributed by atoms with van der Waals surface area (Å²) in [5.74, 6) is 2.48. The van der Waals surface area contributed by atoms with E-state index in [1.807, 2.05) is 6.07 Å². The molecule has 2 aliphatic heterocycles. The number of methoxy groups -OCH3 is 1. The van der Waals surface area contributed by atoms with Crippen LogP contribution in [0.2, 0.25) is 0 Å². The van der Waals surface area contributed by atoms with Crippen LogP contribution in [-0.2, 0) is 5.54 Å². The predicted molar refractivity (Wildman–Crippen MR) is 80.9 cm³/mol. The number of halogens is 1. The number of rotatable bonds is 2. The minimum absolute atomic E-state index is 0.132. The summed E-state index contributed by atoms with van der Waals surface area (Å²) in [7, 11) is 1.70. The number of hydrogen-bond donors (Lipinski definition) is 1. The lowest BCUT2D eigenvalue weighted by Gasteiger charge is -2.30. The summed E-state index contributed by atoms with van der Waals surface area (Å²) in [5.41, 5.74) is 0.941. The van der Waals surface area contributed by atoms with Crippen LogP contribution in [0, 0.1) is 0 Å². The quantitative estimate of drug-likeness (QED) is 0.896. The molecule has 4 nitrogen and oxygen atoms in total. The molecule has 1 fully saturated rings. The van der Waals surface area contributed by atoms with E-state index in [1.54, 1.807) is 7.11 Å². The second-order valence-corrected chi connectivity index (χ2v) is 6.36. The van der Waals surface area contributed by atoms with Crippen molar-refractivity contribution >= 4 is 15.9 Å². The lowest BCUT2D eigenvalue weighted by atomic mass is 9.88. The molecule has 3 rings (SSSR count). The van der Waals surface area contributed by atoms with Gasteiger partial charge >= 0.3 is 0 Å². The van der Waals surface area contributed by atoms with Gasteiger partial charge in [0.1, 0.15) is 5.75 Å². The van der Waals surface area contributed by atoms with Gasteiger partial charge in [-0.25, -0.2) is 0 Å². The molecule has 1 atom stereocenters. The van der Waals surface area contributed by atoms with E-state index in [1.165, 1.54) is 0 Å². The molecule has 1 unspecified atom stereocenters. The molecule has 0 bridgehead atoms.